The largest absolute Gasteiger partial charge is 0.480 e. The lowest BCUT2D eigenvalue weighted by Gasteiger charge is -2.30. The molecule has 2 rings (SSSR count). The summed E-state index contributed by atoms with van der Waals surface area (Å²) in [5.41, 5.74) is 22.7. The summed E-state index contributed by atoms with van der Waals surface area (Å²) in [5, 5.41) is 14.8. The Morgan fingerprint density at radius 3 is 2.55 bits per heavy atom. The summed E-state index contributed by atoms with van der Waals surface area (Å²) in [4.78, 5) is 63.2. The van der Waals surface area contributed by atoms with Gasteiger partial charge in [-0.1, -0.05) is 0 Å². The summed E-state index contributed by atoms with van der Waals surface area (Å²) in [7, 11) is 0. The molecule has 1 aliphatic heterocycles. The van der Waals surface area contributed by atoms with Crippen molar-refractivity contribution in [3.05, 3.63) is 18.2 Å². The van der Waals surface area contributed by atoms with Crippen molar-refractivity contribution in [2.75, 3.05) is 19.6 Å². The molecule has 3 amide bonds. The van der Waals surface area contributed by atoms with Gasteiger partial charge in [-0.15, -0.1) is 0 Å². The van der Waals surface area contributed by atoms with Crippen LogP contribution in [0, 0.1) is 0 Å². The maximum absolute atomic E-state index is 13.6. The zero-order valence-corrected chi connectivity index (χ0v) is 21.5. The van der Waals surface area contributed by atoms with Crippen molar-refractivity contribution in [1.82, 2.24) is 25.5 Å². The standard InChI is InChI=1S/C23H40N10O5/c24-8-2-1-6-16(22(37)38)31-20(35)18-7-4-10-33(18)21(36)17(11-14-12-28-13-30-14)32-19(34)15(25)5-3-9-29-23(26)27/h12-13,15-18H,1-11,24-25H2,(H,28,30)(H,31,35)(H,32,34)(H,37,38)(H4,26,27,29). The third-order valence-electron chi connectivity index (χ3n) is 6.30. The molecule has 1 saturated heterocycles. The predicted octanol–water partition coefficient (Wildman–Crippen LogP) is -2.49. The van der Waals surface area contributed by atoms with E-state index in [0.29, 0.717) is 63.9 Å². The molecule has 15 heteroatoms. The number of carboxylic acid groups (broad SMARTS) is 1. The molecule has 4 atom stereocenters. The first-order chi connectivity index (χ1) is 18.1. The van der Waals surface area contributed by atoms with Crippen LogP contribution in [-0.2, 0) is 25.6 Å². The van der Waals surface area contributed by atoms with Gasteiger partial charge < -0.3 is 48.6 Å². The Labute approximate surface area is 221 Å². The molecule has 0 bridgehead atoms. The van der Waals surface area contributed by atoms with Gasteiger partial charge >= 0.3 is 5.97 Å². The highest BCUT2D eigenvalue weighted by molar-refractivity contribution is 5.94. The summed E-state index contributed by atoms with van der Waals surface area (Å²) < 4.78 is 0. The summed E-state index contributed by atoms with van der Waals surface area (Å²) in [6.07, 6.45) is 6.21. The number of aliphatic carboxylic acids is 1. The second kappa shape index (κ2) is 15.5. The molecule has 1 aromatic rings. The van der Waals surface area contributed by atoms with Gasteiger partial charge in [0.15, 0.2) is 5.96 Å². The van der Waals surface area contributed by atoms with Gasteiger partial charge in [0, 0.05) is 31.4 Å². The Morgan fingerprint density at radius 1 is 1.16 bits per heavy atom. The van der Waals surface area contributed by atoms with E-state index in [1.54, 1.807) is 0 Å². The number of hydrogen-bond acceptors (Lipinski definition) is 8. The van der Waals surface area contributed by atoms with E-state index in [1.165, 1.54) is 17.4 Å². The normalized spacial score (nSPS) is 17.3. The second-order valence-electron chi connectivity index (χ2n) is 9.27. The summed E-state index contributed by atoms with van der Waals surface area (Å²) in [5.74, 6) is -2.74. The third kappa shape index (κ3) is 9.63. The highest BCUT2D eigenvalue weighted by Gasteiger charge is 2.39. The third-order valence-corrected chi connectivity index (χ3v) is 6.30. The molecule has 0 aromatic carbocycles. The number of unbranched alkanes of at least 4 members (excludes halogenated alkanes) is 1. The number of H-pyrrole nitrogens is 1. The molecule has 2 heterocycles. The lowest BCUT2D eigenvalue weighted by molar-refractivity contribution is -0.145. The van der Waals surface area contributed by atoms with Crippen LogP contribution in [0.1, 0.15) is 50.6 Å². The minimum Gasteiger partial charge on any atom is -0.480 e. The predicted molar refractivity (Wildman–Crippen MR) is 139 cm³/mol. The maximum Gasteiger partial charge on any atom is 0.326 e. The molecule has 15 nitrogen and oxygen atoms in total. The number of imidazole rings is 1. The van der Waals surface area contributed by atoms with Crippen LogP contribution in [0.4, 0.5) is 0 Å². The summed E-state index contributed by atoms with van der Waals surface area (Å²) in [6, 6.07) is -3.85. The number of nitrogens with two attached hydrogens (primary N) is 4. The molecule has 0 radical (unpaired) electrons. The smallest absolute Gasteiger partial charge is 0.326 e. The van der Waals surface area contributed by atoms with Crippen LogP contribution in [0.3, 0.4) is 0 Å². The van der Waals surface area contributed by atoms with E-state index < -0.39 is 47.9 Å². The molecule has 212 valence electrons. The first kappa shape index (κ1) is 30.5. The van der Waals surface area contributed by atoms with Gasteiger partial charge in [0.1, 0.15) is 18.1 Å². The van der Waals surface area contributed by atoms with Crippen LogP contribution in [0.15, 0.2) is 17.5 Å². The first-order valence-electron chi connectivity index (χ1n) is 12.8. The second-order valence-corrected chi connectivity index (χ2v) is 9.27. The molecule has 0 aliphatic carbocycles. The Bertz CT molecular complexity index is 950. The topological polar surface area (TPSA) is 261 Å². The summed E-state index contributed by atoms with van der Waals surface area (Å²) >= 11 is 0. The van der Waals surface area contributed by atoms with E-state index in [1.807, 2.05) is 0 Å². The van der Waals surface area contributed by atoms with Crippen molar-refractivity contribution in [1.29, 1.82) is 0 Å². The van der Waals surface area contributed by atoms with Gasteiger partial charge in [-0.2, -0.15) is 0 Å². The molecule has 0 spiro atoms. The number of guanidine groups is 1. The Kier molecular flexibility index (Phi) is 12.5. The van der Waals surface area contributed by atoms with Crippen LogP contribution in [0.2, 0.25) is 0 Å². The molecule has 12 N–H and O–H groups in total. The van der Waals surface area contributed by atoms with Crippen molar-refractivity contribution >= 4 is 29.7 Å². The number of aromatic amines is 1. The Hall–Kier alpha value is -3.72. The molecule has 1 fully saturated rings. The van der Waals surface area contributed by atoms with Crippen LogP contribution in [0.5, 0.6) is 0 Å². The highest BCUT2D eigenvalue weighted by atomic mass is 16.4. The van der Waals surface area contributed by atoms with Crippen molar-refractivity contribution in [3.8, 4) is 0 Å². The maximum atomic E-state index is 13.6. The van der Waals surface area contributed by atoms with Gasteiger partial charge in [-0.05, 0) is 51.5 Å². The van der Waals surface area contributed by atoms with E-state index >= 15 is 0 Å². The number of rotatable bonds is 16. The van der Waals surface area contributed by atoms with Crippen molar-refractivity contribution < 1.29 is 24.3 Å². The number of carbonyl (C=O) groups excluding carboxylic acids is 3. The Morgan fingerprint density at radius 2 is 1.92 bits per heavy atom. The van der Waals surface area contributed by atoms with E-state index in [9.17, 15) is 24.3 Å². The fourth-order valence-corrected chi connectivity index (χ4v) is 4.27. The van der Waals surface area contributed by atoms with Crippen LogP contribution in [0.25, 0.3) is 0 Å². The van der Waals surface area contributed by atoms with E-state index in [0.717, 1.165) is 0 Å². The number of aromatic nitrogens is 2. The average molecular weight is 537 g/mol. The molecule has 1 aliphatic rings. The number of carbonyl (C=O) groups is 4. The van der Waals surface area contributed by atoms with E-state index in [-0.39, 0.29) is 18.8 Å². The number of hydrogen-bond donors (Lipinski definition) is 8. The quantitative estimate of drug-likeness (QED) is 0.0625. The average Bonchev–Trinajstić information content (AvgIpc) is 3.57. The lowest BCUT2D eigenvalue weighted by Crippen LogP contribution is -2.57. The van der Waals surface area contributed by atoms with Gasteiger partial charge in [0.25, 0.3) is 0 Å². The zero-order valence-electron chi connectivity index (χ0n) is 21.5. The fourth-order valence-electron chi connectivity index (χ4n) is 4.27. The van der Waals surface area contributed by atoms with Gasteiger partial charge in [-0.3, -0.25) is 19.4 Å². The fraction of sp³-hybridized carbons (Fsp3) is 0.652. The molecule has 38 heavy (non-hydrogen) atoms. The highest BCUT2D eigenvalue weighted by Crippen LogP contribution is 2.20. The number of nitrogens with one attached hydrogen (secondary N) is 3. The molecular formula is C23H40N10O5. The number of carboxylic acids is 1. The lowest BCUT2D eigenvalue weighted by atomic mass is 10.1. The van der Waals surface area contributed by atoms with Crippen LogP contribution in [-0.4, -0.2) is 93.4 Å². The van der Waals surface area contributed by atoms with Crippen molar-refractivity contribution in [2.24, 2.45) is 27.9 Å². The van der Waals surface area contributed by atoms with E-state index in [4.69, 9.17) is 22.9 Å². The number of nitrogens with zero attached hydrogens (tertiary/aromatic N) is 3. The number of likely N-dealkylation sites (tertiary alicyclic amines) is 1. The number of amides is 3. The molecular weight excluding hydrogens is 496 g/mol. The zero-order chi connectivity index (χ0) is 28.1. The van der Waals surface area contributed by atoms with Crippen LogP contribution >= 0.6 is 0 Å². The molecule has 4 unspecified atom stereocenters. The van der Waals surface area contributed by atoms with Crippen LogP contribution < -0.4 is 33.6 Å². The van der Waals surface area contributed by atoms with Crippen molar-refractivity contribution in [2.45, 2.75) is 75.5 Å². The minimum absolute atomic E-state index is 0.0531. The van der Waals surface area contributed by atoms with Gasteiger partial charge in [0.2, 0.25) is 17.7 Å². The Balaban J connectivity index is 2.09. The van der Waals surface area contributed by atoms with E-state index in [2.05, 4.69) is 25.6 Å². The molecule has 1 aromatic heterocycles. The molecule has 0 saturated carbocycles. The minimum atomic E-state index is -1.15. The first-order valence-corrected chi connectivity index (χ1v) is 12.8. The monoisotopic (exact) mass is 536 g/mol. The SMILES string of the molecule is NCCCCC(NC(=O)C1CCCN1C(=O)C(Cc1cnc[nH]1)NC(=O)C(N)CCCN=C(N)N)C(=O)O. The van der Waals surface area contributed by atoms with Gasteiger partial charge in [-0.25, -0.2) is 9.78 Å². The number of aliphatic imine (C=N–C) groups is 1. The van der Waals surface area contributed by atoms with Gasteiger partial charge in [0.05, 0.1) is 12.4 Å². The summed E-state index contributed by atoms with van der Waals surface area (Å²) in [6.45, 7) is 1.03. The van der Waals surface area contributed by atoms with Crippen molar-refractivity contribution in [3.63, 3.8) is 0 Å².